The molecule has 6 nitrogen and oxygen atoms in total. The Labute approximate surface area is 123 Å². The summed E-state index contributed by atoms with van der Waals surface area (Å²) < 4.78 is 40.5. The van der Waals surface area contributed by atoms with Gasteiger partial charge in [-0.05, 0) is 13.0 Å². The average Bonchev–Trinajstić information content (AvgIpc) is 2.99. The third kappa shape index (κ3) is 2.61. The second-order valence-corrected chi connectivity index (χ2v) is 4.92. The van der Waals surface area contributed by atoms with Gasteiger partial charge in [-0.1, -0.05) is 0 Å². The molecule has 0 radical (unpaired) electrons. The van der Waals surface area contributed by atoms with Crippen molar-refractivity contribution in [2.45, 2.75) is 19.6 Å². The van der Waals surface area contributed by atoms with Crippen molar-refractivity contribution in [1.29, 1.82) is 0 Å². The van der Waals surface area contributed by atoms with Crippen molar-refractivity contribution >= 4 is 16.9 Å². The molecule has 0 aromatic carbocycles. The van der Waals surface area contributed by atoms with Crippen molar-refractivity contribution in [3.05, 3.63) is 35.8 Å². The van der Waals surface area contributed by atoms with Gasteiger partial charge >= 0.3 is 6.18 Å². The van der Waals surface area contributed by atoms with E-state index in [2.05, 4.69) is 25.3 Å². The number of halogens is 3. The number of rotatable bonds is 3. The molecule has 0 saturated heterocycles. The second-order valence-electron chi connectivity index (χ2n) is 4.92. The van der Waals surface area contributed by atoms with Gasteiger partial charge in [0.15, 0.2) is 0 Å². The highest BCUT2D eigenvalue weighted by atomic mass is 19.4. The number of anilines is 1. The standard InChI is InChI=1S/C13H13F3N6/c1-7-5-8-10(18-6-9-17-3-4-22(9)2)20-12(13(14,15)16)21-11(8)19-7/h3-5H,6H2,1-2H3,(H2,18,19,20,21). The highest BCUT2D eigenvalue weighted by Crippen LogP contribution is 2.30. The first-order valence-electron chi connectivity index (χ1n) is 6.49. The van der Waals surface area contributed by atoms with Crippen molar-refractivity contribution in [3.63, 3.8) is 0 Å². The van der Waals surface area contributed by atoms with Crippen LogP contribution in [0, 0.1) is 6.92 Å². The Bertz CT molecular complexity index is 817. The Morgan fingerprint density at radius 3 is 2.73 bits per heavy atom. The van der Waals surface area contributed by atoms with Gasteiger partial charge in [0.05, 0.1) is 11.9 Å². The van der Waals surface area contributed by atoms with E-state index in [4.69, 9.17) is 0 Å². The van der Waals surface area contributed by atoms with Crippen molar-refractivity contribution in [2.75, 3.05) is 5.32 Å². The molecule has 0 aliphatic carbocycles. The molecule has 0 saturated carbocycles. The molecule has 0 amide bonds. The highest BCUT2D eigenvalue weighted by Gasteiger charge is 2.35. The minimum atomic E-state index is -4.60. The Morgan fingerprint density at radius 2 is 2.09 bits per heavy atom. The molecule has 0 aliphatic heterocycles. The fourth-order valence-electron chi connectivity index (χ4n) is 2.13. The van der Waals surface area contributed by atoms with Crippen molar-refractivity contribution < 1.29 is 13.2 Å². The number of aromatic nitrogens is 5. The van der Waals surface area contributed by atoms with Crippen molar-refractivity contribution in [1.82, 2.24) is 24.5 Å². The van der Waals surface area contributed by atoms with E-state index >= 15 is 0 Å². The molecule has 0 spiro atoms. The molecule has 0 atom stereocenters. The highest BCUT2D eigenvalue weighted by molar-refractivity contribution is 5.87. The van der Waals surface area contributed by atoms with Gasteiger partial charge in [0, 0.05) is 25.1 Å². The normalized spacial score (nSPS) is 12.0. The SMILES string of the molecule is Cc1cc2c(NCc3nccn3C)nc(C(F)(F)F)nc2[nH]1. The van der Waals surface area contributed by atoms with E-state index < -0.39 is 12.0 Å². The minimum Gasteiger partial charge on any atom is -0.362 e. The average molecular weight is 310 g/mol. The molecule has 3 aromatic rings. The van der Waals surface area contributed by atoms with E-state index in [1.165, 1.54) is 0 Å². The number of H-pyrrole nitrogens is 1. The molecule has 0 fully saturated rings. The third-order valence-electron chi connectivity index (χ3n) is 3.21. The number of nitrogens with zero attached hydrogens (tertiary/aromatic N) is 4. The van der Waals surface area contributed by atoms with Crippen molar-refractivity contribution in [3.8, 4) is 0 Å². The van der Waals surface area contributed by atoms with Gasteiger partial charge in [0.2, 0.25) is 5.82 Å². The maximum atomic E-state index is 12.9. The third-order valence-corrected chi connectivity index (χ3v) is 3.21. The van der Waals surface area contributed by atoms with Crippen LogP contribution in [-0.2, 0) is 19.8 Å². The molecule has 0 bridgehead atoms. The summed E-state index contributed by atoms with van der Waals surface area (Å²) in [5.41, 5.74) is 0.867. The first kappa shape index (κ1) is 14.4. The summed E-state index contributed by atoms with van der Waals surface area (Å²) in [7, 11) is 1.81. The van der Waals surface area contributed by atoms with Crippen LogP contribution in [0.4, 0.5) is 19.0 Å². The molecule has 0 aliphatic rings. The molecule has 9 heteroatoms. The lowest BCUT2D eigenvalue weighted by molar-refractivity contribution is -0.144. The fraction of sp³-hybridized carbons (Fsp3) is 0.308. The Kier molecular flexibility index (Phi) is 3.27. The Hall–Kier alpha value is -2.58. The fourth-order valence-corrected chi connectivity index (χ4v) is 2.13. The van der Waals surface area contributed by atoms with Crippen LogP contribution in [0.15, 0.2) is 18.5 Å². The number of hydrogen-bond acceptors (Lipinski definition) is 4. The van der Waals surface area contributed by atoms with E-state index in [1.54, 1.807) is 37.0 Å². The Balaban J connectivity index is 2.01. The van der Waals surface area contributed by atoms with Crippen LogP contribution < -0.4 is 5.32 Å². The quantitative estimate of drug-likeness (QED) is 0.780. The predicted octanol–water partition coefficient (Wildman–Crippen LogP) is 2.63. The van der Waals surface area contributed by atoms with Crippen LogP contribution >= 0.6 is 0 Å². The second kappa shape index (κ2) is 5.00. The number of fused-ring (bicyclic) bond motifs is 1. The molecule has 22 heavy (non-hydrogen) atoms. The van der Waals surface area contributed by atoms with Gasteiger partial charge in [0.25, 0.3) is 0 Å². The zero-order valence-electron chi connectivity index (χ0n) is 11.9. The van der Waals surface area contributed by atoms with Crippen LogP contribution in [0.2, 0.25) is 0 Å². The van der Waals surface area contributed by atoms with Gasteiger partial charge < -0.3 is 14.9 Å². The molecule has 3 heterocycles. The van der Waals surface area contributed by atoms with Gasteiger partial charge in [0.1, 0.15) is 17.3 Å². The molecule has 3 rings (SSSR count). The van der Waals surface area contributed by atoms with Gasteiger partial charge in [-0.15, -0.1) is 0 Å². The van der Waals surface area contributed by atoms with Crippen molar-refractivity contribution in [2.24, 2.45) is 7.05 Å². The lowest BCUT2D eigenvalue weighted by Gasteiger charge is -2.10. The summed E-state index contributed by atoms with van der Waals surface area (Å²) in [6, 6.07) is 1.70. The summed E-state index contributed by atoms with van der Waals surface area (Å²) in [6.07, 6.45) is -1.23. The van der Waals surface area contributed by atoms with E-state index in [-0.39, 0.29) is 18.0 Å². The van der Waals surface area contributed by atoms with Crippen LogP contribution in [0.1, 0.15) is 17.3 Å². The van der Waals surface area contributed by atoms with E-state index in [0.717, 1.165) is 0 Å². The lowest BCUT2D eigenvalue weighted by Crippen LogP contribution is -2.14. The van der Waals surface area contributed by atoms with E-state index in [0.29, 0.717) is 16.9 Å². The van der Waals surface area contributed by atoms with Crippen LogP contribution in [0.5, 0.6) is 0 Å². The maximum Gasteiger partial charge on any atom is 0.451 e. The first-order valence-corrected chi connectivity index (χ1v) is 6.49. The zero-order chi connectivity index (χ0) is 15.9. The molecular formula is C13H13F3N6. The summed E-state index contributed by atoms with van der Waals surface area (Å²) in [5.74, 6) is -0.360. The molecular weight excluding hydrogens is 297 g/mol. The number of imidazole rings is 1. The van der Waals surface area contributed by atoms with Crippen LogP contribution in [0.3, 0.4) is 0 Å². The summed E-state index contributed by atoms with van der Waals surface area (Å²) in [4.78, 5) is 14.1. The first-order chi connectivity index (χ1) is 10.3. The molecule has 3 aromatic heterocycles. The summed E-state index contributed by atoms with van der Waals surface area (Å²) >= 11 is 0. The number of hydrogen-bond donors (Lipinski definition) is 2. The maximum absolute atomic E-state index is 12.9. The summed E-state index contributed by atoms with van der Waals surface area (Å²) in [6.45, 7) is 2.01. The lowest BCUT2D eigenvalue weighted by atomic mass is 10.3. The minimum absolute atomic E-state index is 0.129. The Morgan fingerprint density at radius 1 is 1.32 bits per heavy atom. The number of alkyl halides is 3. The smallest absolute Gasteiger partial charge is 0.362 e. The molecule has 116 valence electrons. The van der Waals surface area contributed by atoms with E-state index in [1.807, 2.05) is 0 Å². The monoisotopic (exact) mass is 310 g/mol. The predicted molar refractivity (Wildman–Crippen MR) is 74.2 cm³/mol. The zero-order valence-corrected chi connectivity index (χ0v) is 11.9. The largest absolute Gasteiger partial charge is 0.451 e. The summed E-state index contributed by atoms with van der Waals surface area (Å²) in [5, 5.41) is 3.42. The van der Waals surface area contributed by atoms with Gasteiger partial charge in [-0.25, -0.2) is 15.0 Å². The van der Waals surface area contributed by atoms with Crippen LogP contribution in [-0.4, -0.2) is 24.5 Å². The van der Waals surface area contributed by atoms with E-state index in [9.17, 15) is 13.2 Å². The van der Waals surface area contributed by atoms with Crippen LogP contribution in [0.25, 0.3) is 11.0 Å². The molecule has 2 N–H and O–H groups in total. The molecule has 0 unspecified atom stereocenters. The van der Waals surface area contributed by atoms with Gasteiger partial charge in [-0.2, -0.15) is 13.2 Å². The number of aromatic amines is 1. The topological polar surface area (TPSA) is 71.4 Å². The van der Waals surface area contributed by atoms with Gasteiger partial charge in [-0.3, -0.25) is 0 Å². The number of aryl methyl sites for hydroxylation is 2. The number of nitrogens with one attached hydrogen (secondary N) is 2.